The van der Waals surface area contributed by atoms with Crippen LogP contribution in [0.2, 0.25) is 0 Å². The molecule has 17 heavy (non-hydrogen) atoms. The van der Waals surface area contributed by atoms with Crippen molar-refractivity contribution in [1.29, 1.82) is 5.26 Å². The number of isocyanates is 1. The summed E-state index contributed by atoms with van der Waals surface area (Å²) in [6.45, 7) is 0. The van der Waals surface area contributed by atoms with Gasteiger partial charge in [-0.25, -0.2) is 4.79 Å². The fourth-order valence-electron chi connectivity index (χ4n) is 1.54. The van der Waals surface area contributed by atoms with Gasteiger partial charge in [0.2, 0.25) is 6.08 Å². The van der Waals surface area contributed by atoms with Crippen LogP contribution in [0, 0.1) is 11.3 Å². The van der Waals surface area contributed by atoms with Crippen LogP contribution >= 0.6 is 0 Å². The highest BCUT2D eigenvalue weighted by molar-refractivity contribution is 5.68. The minimum absolute atomic E-state index is 0.571. The van der Waals surface area contributed by atoms with Crippen molar-refractivity contribution in [3.8, 4) is 17.2 Å². The van der Waals surface area contributed by atoms with Crippen LogP contribution < -0.4 is 0 Å². The van der Waals surface area contributed by atoms with E-state index >= 15 is 0 Å². The lowest BCUT2D eigenvalue weighted by Crippen LogP contribution is -1.78. The first-order valence-corrected chi connectivity index (χ1v) is 5.02. The van der Waals surface area contributed by atoms with E-state index in [0.29, 0.717) is 11.3 Å². The van der Waals surface area contributed by atoms with Gasteiger partial charge >= 0.3 is 0 Å². The average Bonchev–Trinajstić information content (AvgIpc) is 2.40. The number of aliphatic imine (C=N–C) groups is 1. The van der Waals surface area contributed by atoms with Crippen molar-refractivity contribution in [2.75, 3.05) is 0 Å². The molecule has 0 saturated heterocycles. The lowest BCUT2D eigenvalue weighted by molar-refractivity contribution is 0.565. The molecule has 3 heteroatoms. The van der Waals surface area contributed by atoms with Gasteiger partial charge < -0.3 is 0 Å². The van der Waals surface area contributed by atoms with Gasteiger partial charge in [-0.3, -0.25) is 0 Å². The molecule has 0 amide bonds. The molecule has 0 N–H and O–H groups in total. The Balaban J connectivity index is 2.42. The number of nitriles is 1. The molecular weight excluding hydrogens is 212 g/mol. The Labute approximate surface area is 98.7 Å². The molecule has 0 aliphatic rings. The Hall–Kier alpha value is -2.69. The SMILES string of the molecule is N#Cc1ccc(-c2cccc(N=C=O)c2)cc1. The van der Waals surface area contributed by atoms with Crippen molar-refractivity contribution in [3.05, 3.63) is 54.1 Å². The fraction of sp³-hybridized carbons (Fsp3) is 0. The maximum absolute atomic E-state index is 10.2. The minimum Gasteiger partial charge on any atom is -0.211 e. The van der Waals surface area contributed by atoms with Gasteiger partial charge in [0.1, 0.15) is 0 Å². The molecule has 0 aliphatic carbocycles. The van der Waals surface area contributed by atoms with Gasteiger partial charge in [-0.1, -0.05) is 24.3 Å². The molecule has 2 rings (SSSR count). The molecule has 3 nitrogen and oxygen atoms in total. The third kappa shape index (κ3) is 2.46. The van der Waals surface area contributed by atoms with E-state index in [1.165, 1.54) is 6.08 Å². The van der Waals surface area contributed by atoms with Crippen LogP contribution in [-0.4, -0.2) is 6.08 Å². The van der Waals surface area contributed by atoms with Crippen LogP contribution in [0.5, 0.6) is 0 Å². The van der Waals surface area contributed by atoms with Gasteiger partial charge in [-0.05, 0) is 35.4 Å². The van der Waals surface area contributed by atoms with Crippen LogP contribution in [0.4, 0.5) is 5.69 Å². The van der Waals surface area contributed by atoms with Crippen molar-refractivity contribution >= 4 is 11.8 Å². The minimum atomic E-state index is 0.571. The predicted molar refractivity (Wildman–Crippen MR) is 64.4 cm³/mol. The van der Waals surface area contributed by atoms with Gasteiger partial charge in [0.25, 0.3) is 0 Å². The molecule has 0 radical (unpaired) electrons. The second kappa shape index (κ2) is 4.89. The van der Waals surface area contributed by atoms with Gasteiger partial charge in [-0.15, -0.1) is 0 Å². The summed E-state index contributed by atoms with van der Waals surface area (Å²) in [5, 5.41) is 8.71. The summed E-state index contributed by atoms with van der Waals surface area (Å²) in [5.41, 5.74) is 3.12. The summed E-state index contributed by atoms with van der Waals surface area (Å²) in [5.74, 6) is 0. The van der Waals surface area contributed by atoms with E-state index in [-0.39, 0.29) is 0 Å². The standard InChI is InChI=1S/C14H8N2O/c15-9-11-4-6-12(7-5-11)13-2-1-3-14(8-13)16-10-17/h1-8H. The van der Waals surface area contributed by atoms with Crippen LogP contribution in [-0.2, 0) is 4.79 Å². The molecule has 0 aliphatic heterocycles. The Bertz CT molecular complexity index is 617. The number of carbonyl (C=O) groups excluding carboxylic acids is 1. The Morgan fingerprint density at radius 1 is 1.00 bits per heavy atom. The fourth-order valence-corrected chi connectivity index (χ4v) is 1.54. The molecule has 0 heterocycles. The molecule has 80 valence electrons. The highest BCUT2D eigenvalue weighted by atomic mass is 16.1. The number of nitrogens with zero attached hydrogens (tertiary/aromatic N) is 2. The molecule has 0 spiro atoms. The number of rotatable bonds is 2. The van der Waals surface area contributed by atoms with E-state index in [9.17, 15) is 4.79 Å². The number of hydrogen-bond donors (Lipinski definition) is 0. The monoisotopic (exact) mass is 220 g/mol. The van der Waals surface area contributed by atoms with E-state index in [1.54, 1.807) is 24.3 Å². The average molecular weight is 220 g/mol. The first kappa shape index (κ1) is 10.8. The molecule has 0 saturated carbocycles. The second-order valence-corrected chi connectivity index (χ2v) is 3.44. The smallest absolute Gasteiger partial charge is 0.211 e. The van der Waals surface area contributed by atoms with E-state index in [0.717, 1.165) is 11.1 Å². The van der Waals surface area contributed by atoms with Gasteiger partial charge in [0.15, 0.2) is 0 Å². The van der Waals surface area contributed by atoms with Crippen molar-refractivity contribution in [3.63, 3.8) is 0 Å². The van der Waals surface area contributed by atoms with Crippen LogP contribution in [0.15, 0.2) is 53.5 Å². The zero-order chi connectivity index (χ0) is 12.1. The summed E-state index contributed by atoms with van der Waals surface area (Å²) in [7, 11) is 0. The summed E-state index contributed by atoms with van der Waals surface area (Å²) >= 11 is 0. The second-order valence-electron chi connectivity index (χ2n) is 3.44. The van der Waals surface area contributed by atoms with E-state index < -0.39 is 0 Å². The largest absolute Gasteiger partial charge is 0.240 e. The maximum Gasteiger partial charge on any atom is 0.240 e. The van der Waals surface area contributed by atoms with E-state index in [2.05, 4.69) is 11.1 Å². The highest BCUT2D eigenvalue weighted by Gasteiger charge is 1.99. The zero-order valence-electron chi connectivity index (χ0n) is 8.92. The van der Waals surface area contributed by atoms with Crippen molar-refractivity contribution < 1.29 is 4.79 Å². The molecule has 0 aromatic heterocycles. The molecule has 2 aromatic rings. The predicted octanol–water partition coefficient (Wildman–Crippen LogP) is 3.19. The quantitative estimate of drug-likeness (QED) is 0.576. The molecule has 0 fully saturated rings. The Kier molecular flexibility index (Phi) is 3.11. The molecule has 0 bridgehead atoms. The van der Waals surface area contributed by atoms with Crippen LogP contribution in [0.25, 0.3) is 11.1 Å². The van der Waals surface area contributed by atoms with Gasteiger partial charge in [-0.2, -0.15) is 10.3 Å². The summed E-state index contributed by atoms with van der Waals surface area (Å²) in [6, 6.07) is 16.6. The molecule has 0 unspecified atom stereocenters. The van der Waals surface area contributed by atoms with E-state index in [1.807, 2.05) is 24.3 Å². The Morgan fingerprint density at radius 2 is 1.76 bits per heavy atom. The molecule has 0 atom stereocenters. The number of hydrogen-bond acceptors (Lipinski definition) is 3. The van der Waals surface area contributed by atoms with E-state index in [4.69, 9.17) is 5.26 Å². The lowest BCUT2D eigenvalue weighted by Gasteiger charge is -2.01. The van der Waals surface area contributed by atoms with Gasteiger partial charge in [0, 0.05) is 0 Å². The zero-order valence-corrected chi connectivity index (χ0v) is 8.92. The first-order chi connectivity index (χ1) is 8.33. The van der Waals surface area contributed by atoms with Gasteiger partial charge in [0.05, 0.1) is 17.3 Å². The highest BCUT2D eigenvalue weighted by Crippen LogP contribution is 2.24. The van der Waals surface area contributed by atoms with Crippen molar-refractivity contribution in [1.82, 2.24) is 0 Å². The Morgan fingerprint density at radius 3 is 2.41 bits per heavy atom. The number of benzene rings is 2. The summed E-state index contributed by atoms with van der Waals surface area (Å²) in [6.07, 6.45) is 1.51. The normalized spacial score (nSPS) is 9.12. The van der Waals surface area contributed by atoms with Crippen molar-refractivity contribution in [2.24, 2.45) is 4.99 Å². The third-order valence-electron chi connectivity index (χ3n) is 2.37. The van der Waals surface area contributed by atoms with Crippen LogP contribution in [0.1, 0.15) is 5.56 Å². The van der Waals surface area contributed by atoms with Crippen molar-refractivity contribution in [2.45, 2.75) is 0 Å². The molecular formula is C14H8N2O. The summed E-state index contributed by atoms with van der Waals surface area (Å²) in [4.78, 5) is 13.7. The third-order valence-corrected chi connectivity index (χ3v) is 2.37. The molecule has 2 aromatic carbocycles. The van der Waals surface area contributed by atoms with Crippen LogP contribution in [0.3, 0.4) is 0 Å². The maximum atomic E-state index is 10.2. The summed E-state index contributed by atoms with van der Waals surface area (Å²) < 4.78 is 0. The first-order valence-electron chi connectivity index (χ1n) is 5.02. The lowest BCUT2D eigenvalue weighted by atomic mass is 10.0. The topological polar surface area (TPSA) is 53.2 Å².